The van der Waals surface area contributed by atoms with E-state index < -0.39 is 0 Å². The van der Waals surface area contributed by atoms with Crippen LogP contribution < -0.4 is 15.4 Å². The summed E-state index contributed by atoms with van der Waals surface area (Å²) in [6, 6.07) is 11.7. The molecule has 0 bridgehead atoms. The summed E-state index contributed by atoms with van der Waals surface area (Å²) in [4.78, 5) is 4.60. The van der Waals surface area contributed by atoms with E-state index in [1.807, 2.05) is 36.4 Å². The third-order valence-corrected chi connectivity index (χ3v) is 3.48. The Labute approximate surface area is 172 Å². The normalized spacial score (nSPS) is 10.9. The summed E-state index contributed by atoms with van der Waals surface area (Å²) in [5, 5.41) is 6.56. The lowest BCUT2D eigenvalue weighted by Crippen LogP contribution is -2.38. The molecule has 0 saturated heterocycles. The van der Waals surface area contributed by atoms with Crippen LogP contribution >= 0.6 is 24.0 Å². The molecule has 2 N–H and O–H groups in total. The molecule has 7 heteroatoms. The molecular formula is C19H28IN3O3. The first-order valence-electron chi connectivity index (χ1n) is 8.57. The molecule has 1 heterocycles. The predicted molar refractivity (Wildman–Crippen MR) is 114 cm³/mol. The van der Waals surface area contributed by atoms with Gasteiger partial charge in [-0.3, -0.25) is 0 Å². The van der Waals surface area contributed by atoms with Gasteiger partial charge in [0.2, 0.25) is 0 Å². The molecule has 0 aliphatic rings. The van der Waals surface area contributed by atoms with Crippen molar-refractivity contribution in [2.24, 2.45) is 4.99 Å². The Bertz CT molecular complexity index is 633. The maximum Gasteiger partial charge on any atom is 0.191 e. The van der Waals surface area contributed by atoms with Gasteiger partial charge in [-0.2, -0.15) is 0 Å². The fraction of sp³-hybridized carbons (Fsp3) is 0.421. The molecular weight excluding hydrogens is 445 g/mol. The molecule has 0 fully saturated rings. The van der Waals surface area contributed by atoms with E-state index in [0.29, 0.717) is 19.8 Å². The molecule has 2 rings (SSSR count). The Hall–Kier alpha value is -1.74. The van der Waals surface area contributed by atoms with Crippen molar-refractivity contribution in [2.75, 3.05) is 26.8 Å². The Morgan fingerprint density at radius 1 is 1.19 bits per heavy atom. The summed E-state index contributed by atoms with van der Waals surface area (Å²) >= 11 is 0. The van der Waals surface area contributed by atoms with Gasteiger partial charge in [-0.05, 0) is 43.2 Å². The van der Waals surface area contributed by atoms with E-state index in [9.17, 15) is 0 Å². The van der Waals surface area contributed by atoms with E-state index in [2.05, 4.69) is 22.5 Å². The van der Waals surface area contributed by atoms with E-state index in [1.165, 1.54) is 0 Å². The van der Waals surface area contributed by atoms with Crippen molar-refractivity contribution in [2.45, 2.75) is 26.5 Å². The van der Waals surface area contributed by atoms with Crippen LogP contribution in [0, 0.1) is 0 Å². The smallest absolute Gasteiger partial charge is 0.191 e. The number of halogens is 1. The number of ether oxygens (including phenoxy) is 2. The number of hydrogen-bond donors (Lipinski definition) is 2. The van der Waals surface area contributed by atoms with Gasteiger partial charge in [-0.25, -0.2) is 4.99 Å². The molecule has 6 nitrogen and oxygen atoms in total. The molecule has 2 aromatic rings. The molecule has 26 heavy (non-hydrogen) atoms. The largest absolute Gasteiger partial charge is 0.497 e. The summed E-state index contributed by atoms with van der Waals surface area (Å²) in [7, 11) is 1.67. The molecule has 1 aromatic carbocycles. The highest BCUT2D eigenvalue weighted by Gasteiger charge is 2.00. The Kier molecular flexibility index (Phi) is 11.5. The van der Waals surface area contributed by atoms with Gasteiger partial charge in [0, 0.05) is 19.7 Å². The first-order valence-corrected chi connectivity index (χ1v) is 8.57. The summed E-state index contributed by atoms with van der Waals surface area (Å²) in [5.41, 5.74) is 1.11. The highest BCUT2D eigenvalue weighted by Crippen LogP contribution is 2.13. The van der Waals surface area contributed by atoms with E-state index in [4.69, 9.17) is 13.9 Å². The maximum atomic E-state index is 5.57. The number of rotatable bonds is 10. The van der Waals surface area contributed by atoms with Crippen molar-refractivity contribution in [1.29, 1.82) is 0 Å². The fourth-order valence-electron chi connectivity index (χ4n) is 2.23. The minimum Gasteiger partial charge on any atom is -0.497 e. The van der Waals surface area contributed by atoms with Crippen molar-refractivity contribution in [3.8, 4) is 5.75 Å². The van der Waals surface area contributed by atoms with Gasteiger partial charge in [-0.1, -0.05) is 12.1 Å². The SMILES string of the molecule is CCNC(=NCc1cccc(OC)c1)NCCCOCc1ccco1.I. The molecule has 1 aromatic heterocycles. The van der Waals surface area contributed by atoms with E-state index in [-0.39, 0.29) is 24.0 Å². The molecule has 0 radical (unpaired) electrons. The van der Waals surface area contributed by atoms with E-state index in [1.54, 1.807) is 13.4 Å². The molecule has 0 spiro atoms. The van der Waals surface area contributed by atoms with Gasteiger partial charge in [0.15, 0.2) is 5.96 Å². The standard InChI is InChI=1S/C19H27N3O3.HI/c1-3-20-19(22-14-16-7-4-8-17(13-16)23-2)21-10-6-11-24-15-18-9-5-12-25-18;/h4-5,7-9,12-13H,3,6,10-11,14-15H2,1-2H3,(H2,20,21,22);1H. The van der Waals surface area contributed by atoms with Gasteiger partial charge in [0.1, 0.15) is 18.1 Å². The monoisotopic (exact) mass is 473 g/mol. The first kappa shape index (κ1) is 22.3. The lowest BCUT2D eigenvalue weighted by Gasteiger charge is -2.11. The molecule has 0 saturated carbocycles. The third-order valence-electron chi connectivity index (χ3n) is 3.48. The highest BCUT2D eigenvalue weighted by atomic mass is 127. The van der Waals surface area contributed by atoms with Crippen LogP contribution in [0.2, 0.25) is 0 Å². The molecule has 0 aliphatic carbocycles. The van der Waals surface area contributed by atoms with Crippen molar-refractivity contribution < 1.29 is 13.9 Å². The summed E-state index contributed by atoms with van der Waals surface area (Å²) in [5.74, 6) is 2.50. The van der Waals surface area contributed by atoms with Crippen LogP contribution in [0.15, 0.2) is 52.1 Å². The van der Waals surface area contributed by atoms with Crippen molar-refractivity contribution >= 4 is 29.9 Å². The van der Waals surface area contributed by atoms with Crippen LogP contribution in [-0.2, 0) is 17.9 Å². The molecule has 144 valence electrons. The number of guanidine groups is 1. The van der Waals surface area contributed by atoms with Crippen LogP contribution in [0.5, 0.6) is 5.75 Å². The van der Waals surface area contributed by atoms with Crippen molar-refractivity contribution in [3.63, 3.8) is 0 Å². The number of aliphatic imine (C=N–C) groups is 1. The van der Waals surface area contributed by atoms with E-state index in [0.717, 1.165) is 42.5 Å². The Balaban J connectivity index is 0.00000338. The van der Waals surface area contributed by atoms with Crippen molar-refractivity contribution in [1.82, 2.24) is 10.6 Å². The number of nitrogens with one attached hydrogen (secondary N) is 2. The fourth-order valence-corrected chi connectivity index (χ4v) is 2.23. The van der Waals surface area contributed by atoms with Gasteiger partial charge in [0.05, 0.1) is 19.9 Å². The minimum atomic E-state index is 0. The zero-order valence-electron chi connectivity index (χ0n) is 15.4. The van der Waals surface area contributed by atoms with Crippen molar-refractivity contribution in [3.05, 3.63) is 54.0 Å². The van der Waals surface area contributed by atoms with Crippen LogP contribution in [0.3, 0.4) is 0 Å². The van der Waals surface area contributed by atoms with Crippen LogP contribution in [0.25, 0.3) is 0 Å². The molecule has 0 amide bonds. The van der Waals surface area contributed by atoms with Crippen LogP contribution in [-0.4, -0.2) is 32.8 Å². The summed E-state index contributed by atoms with van der Waals surface area (Å²) in [6.45, 7) is 5.44. The second-order valence-corrected chi connectivity index (χ2v) is 5.46. The minimum absolute atomic E-state index is 0. The predicted octanol–water partition coefficient (Wildman–Crippen LogP) is 3.57. The number of furan rings is 1. The van der Waals surface area contributed by atoms with Gasteiger partial charge < -0.3 is 24.5 Å². The van der Waals surface area contributed by atoms with Gasteiger partial charge in [0.25, 0.3) is 0 Å². The number of methoxy groups -OCH3 is 1. The second kappa shape index (κ2) is 13.5. The highest BCUT2D eigenvalue weighted by molar-refractivity contribution is 14.0. The maximum absolute atomic E-state index is 5.57. The zero-order valence-corrected chi connectivity index (χ0v) is 17.7. The zero-order chi connectivity index (χ0) is 17.7. The first-order chi connectivity index (χ1) is 12.3. The molecule has 0 atom stereocenters. The number of nitrogens with zero attached hydrogens (tertiary/aromatic N) is 1. The van der Waals surface area contributed by atoms with Gasteiger partial charge in [-0.15, -0.1) is 24.0 Å². The topological polar surface area (TPSA) is 68.0 Å². The quantitative estimate of drug-likeness (QED) is 0.239. The van der Waals surface area contributed by atoms with Crippen LogP contribution in [0.4, 0.5) is 0 Å². The Morgan fingerprint density at radius 3 is 2.81 bits per heavy atom. The average molecular weight is 473 g/mol. The number of benzene rings is 1. The third kappa shape index (κ3) is 8.57. The van der Waals surface area contributed by atoms with Crippen LogP contribution in [0.1, 0.15) is 24.7 Å². The summed E-state index contributed by atoms with van der Waals surface area (Å²) in [6.07, 6.45) is 2.55. The average Bonchev–Trinajstić information content (AvgIpc) is 3.16. The van der Waals surface area contributed by atoms with Gasteiger partial charge >= 0.3 is 0 Å². The number of hydrogen-bond acceptors (Lipinski definition) is 4. The van der Waals surface area contributed by atoms with E-state index >= 15 is 0 Å². The summed E-state index contributed by atoms with van der Waals surface area (Å²) < 4.78 is 16.0. The Morgan fingerprint density at radius 2 is 2.08 bits per heavy atom. The molecule has 0 unspecified atom stereocenters. The lowest BCUT2D eigenvalue weighted by molar-refractivity contribution is 0.105. The lowest BCUT2D eigenvalue weighted by atomic mass is 10.2. The second-order valence-electron chi connectivity index (χ2n) is 5.46. The molecule has 0 aliphatic heterocycles.